The Hall–Kier alpha value is -7.47. The lowest BCUT2D eigenvalue weighted by Gasteiger charge is -2.32. The minimum atomic E-state index is -0.381. The largest absolute Gasteiger partial charge is 0.455 e. The zero-order chi connectivity index (χ0) is 38.4. The Kier molecular flexibility index (Phi) is 8.30. The molecule has 0 aliphatic carbocycles. The van der Waals surface area contributed by atoms with E-state index in [1.54, 1.807) is 0 Å². The van der Waals surface area contributed by atoms with Gasteiger partial charge >= 0.3 is 0 Å². The van der Waals surface area contributed by atoms with Crippen LogP contribution in [0, 0.1) is 0 Å². The van der Waals surface area contributed by atoms with Crippen molar-refractivity contribution in [2.24, 2.45) is 4.99 Å². The molecule has 5 nitrogen and oxygen atoms in total. The molecule has 58 heavy (non-hydrogen) atoms. The SMILES string of the molecule is c1ccc(C2=NC(c3ccc(-c4ccc(N(c5ccccc5)c5ccc6ccccc6c5)cc4)c4c3oc3c5ccccc5ccc34)NC(c3ccccc3)N2)cc1. The first kappa shape index (κ1) is 33.8. The lowest BCUT2D eigenvalue weighted by molar-refractivity contribution is 0.408. The number of fused-ring (bicyclic) bond motifs is 6. The Morgan fingerprint density at radius 2 is 1.10 bits per heavy atom. The molecule has 11 rings (SSSR count). The summed E-state index contributed by atoms with van der Waals surface area (Å²) in [7, 11) is 0. The topological polar surface area (TPSA) is 52.8 Å². The van der Waals surface area contributed by atoms with Gasteiger partial charge in [0.2, 0.25) is 0 Å². The summed E-state index contributed by atoms with van der Waals surface area (Å²) < 4.78 is 7.07. The number of hydrogen-bond donors (Lipinski definition) is 2. The van der Waals surface area contributed by atoms with Crippen LogP contribution < -0.4 is 15.5 Å². The van der Waals surface area contributed by atoms with Crippen molar-refractivity contribution in [1.82, 2.24) is 10.6 Å². The van der Waals surface area contributed by atoms with Crippen LogP contribution in [0.1, 0.15) is 29.0 Å². The summed E-state index contributed by atoms with van der Waals surface area (Å²) >= 11 is 0. The van der Waals surface area contributed by atoms with Gasteiger partial charge in [-0.3, -0.25) is 5.32 Å². The second-order valence-electron chi connectivity index (χ2n) is 14.8. The Balaban J connectivity index is 1.07. The highest BCUT2D eigenvalue weighted by molar-refractivity contribution is 6.19. The van der Waals surface area contributed by atoms with E-state index in [2.05, 4.69) is 210 Å². The van der Waals surface area contributed by atoms with Gasteiger partial charge in [0.25, 0.3) is 0 Å². The first-order valence-electron chi connectivity index (χ1n) is 19.8. The van der Waals surface area contributed by atoms with E-state index >= 15 is 0 Å². The van der Waals surface area contributed by atoms with Crippen molar-refractivity contribution < 1.29 is 4.42 Å². The maximum Gasteiger partial charge on any atom is 0.143 e. The molecule has 0 bridgehead atoms. The predicted molar refractivity (Wildman–Crippen MR) is 240 cm³/mol. The van der Waals surface area contributed by atoms with Crippen LogP contribution >= 0.6 is 0 Å². The number of benzene rings is 9. The Bertz CT molecular complexity index is 3120. The van der Waals surface area contributed by atoms with Crippen LogP contribution in [0.2, 0.25) is 0 Å². The Morgan fingerprint density at radius 1 is 0.466 bits per heavy atom. The third kappa shape index (κ3) is 5.97. The number of hydrogen-bond acceptors (Lipinski definition) is 5. The van der Waals surface area contributed by atoms with Gasteiger partial charge in [-0.25, -0.2) is 4.99 Å². The normalized spacial score (nSPS) is 15.4. The number of amidine groups is 1. The van der Waals surface area contributed by atoms with Crippen molar-refractivity contribution in [3.8, 4) is 11.1 Å². The first-order valence-corrected chi connectivity index (χ1v) is 19.8. The van der Waals surface area contributed by atoms with Crippen molar-refractivity contribution >= 4 is 66.4 Å². The molecule has 2 heterocycles. The number of para-hydroxylation sites is 1. The summed E-state index contributed by atoms with van der Waals surface area (Å²) in [5.41, 5.74) is 10.4. The molecule has 0 radical (unpaired) electrons. The number of nitrogens with one attached hydrogen (secondary N) is 2. The molecule has 0 saturated heterocycles. The highest BCUT2D eigenvalue weighted by Crippen LogP contribution is 2.44. The number of furan rings is 1. The van der Waals surface area contributed by atoms with Crippen molar-refractivity contribution in [2.75, 3.05) is 4.90 Å². The Labute approximate surface area is 336 Å². The van der Waals surface area contributed by atoms with Gasteiger partial charge in [0.15, 0.2) is 0 Å². The minimum Gasteiger partial charge on any atom is -0.455 e. The maximum atomic E-state index is 7.07. The highest BCUT2D eigenvalue weighted by Gasteiger charge is 2.29. The van der Waals surface area contributed by atoms with E-state index in [0.29, 0.717) is 0 Å². The summed E-state index contributed by atoms with van der Waals surface area (Å²) in [5, 5.41) is 14.3. The number of nitrogens with zero attached hydrogens (tertiary/aromatic N) is 2. The van der Waals surface area contributed by atoms with Gasteiger partial charge in [0, 0.05) is 44.3 Å². The molecule has 1 aliphatic heterocycles. The molecule has 5 heteroatoms. The molecule has 0 spiro atoms. The number of aliphatic imine (C=N–C) groups is 1. The van der Waals surface area contributed by atoms with Gasteiger partial charge in [-0.2, -0.15) is 0 Å². The Morgan fingerprint density at radius 3 is 1.90 bits per heavy atom. The molecule has 10 aromatic rings. The summed E-state index contributed by atoms with van der Waals surface area (Å²) in [6, 6.07) is 72.8. The first-order chi connectivity index (χ1) is 28.7. The summed E-state index contributed by atoms with van der Waals surface area (Å²) in [4.78, 5) is 7.64. The summed E-state index contributed by atoms with van der Waals surface area (Å²) in [6.07, 6.45) is -0.546. The average molecular weight is 747 g/mol. The fraction of sp³-hybridized carbons (Fsp3) is 0.0377. The lowest BCUT2D eigenvalue weighted by atomic mass is 9.95. The molecular formula is C53H38N4O. The summed E-state index contributed by atoms with van der Waals surface area (Å²) in [5.74, 6) is 0.835. The van der Waals surface area contributed by atoms with E-state index in [1.165, 1.54) is 10.8 Å². The molecular weight excluding hydrogens is 709 g/mol. The van der Waals surface area contributed by atoms with Crippen LogP contribution in [0.5, 0.6) is 0 Å². The quantitative estimate of drug-likeness (QED) is 0.171. The second kappa shape index (κ2) is 14.2. The van der Waals surface area contributed by atoms with Gasteiger partial charge in [0.1, 0.15) is 29.3 Å². The maximum absolute atomic E-state index is 7.07. The summed E-state index contributed by atoms with van der Waals surface area (Å²) in [6.45, 7) is 0. The third-order valence-corrected chi connectivity index (χ3v) is 11.3. The zero-order valence-electron chi connectivity index (χ0n) is 31.6. The van der Waals surface area contributed by atoms with E-state index in [4.69, 9.17) is 9.41 Å². The van der Waals surface area contributed by atoms with Crippen LogP contribution in [0.15, 0.2) is 216 Å². The van der Waals surface area contributed by atoms with Crippen molar-refractivity contribution in [3.63, 3.8) is 0 Å². The smallest absolute Gasteiger partial charge is 0.143 e. The van der Waals surface area contributed by atoms with Crippen LogP contribution in [-0.2, 0) is 0 Å². The van der Waals surface area contributed by atoms with Crippen molar-refractivity contribution in [1.29, 1.82) is 0 Å². The van der Waals surface area contributed by atoms with Gasteiger partial charge in [-0.15, -0.1) is 0 Å². The van der Waals surface area contributed by atoms with E-state index < -0.39 is 0 Å². The standard InChI is InChI=1S/C53H38N4O/c1-4-16-38(17-5-1)51-54-52(39-18-6-2-7-19-39)56-53(55-51)47-33-32-44(48-46-31-27-36-15-12-13-23-45(36)49(46)58-50(47)48)37-25-28-42(29-26-37)57(41-21-8-3-9-22-41)43-30-24-35-14-10-11-20-40(35)34-43/h1-34,51,53,55H,(H,54,56). The lowest BCUT2D eigenvalue weighted by Crippen LogP contribution is -2.44. The van der Waals surface area contributed by atoms with Gasteiger partial charge in [-0.05, 0) is 75.3 Å². The third-order valence-electron chi connectivity index (χ3n) is 11.3. The number of rotatable bonds is 7. The molecule has 0 fully saturated rings. The van der Waals surface area contributed by atoms with Gasteiger partial charge < -0.3 is 14.6 Å². The minimum absolute atomic E-state index is 0.165. The molecule has 9 aromatic carbocycles. The van der Waals surface area contributed by atoms with E-state index in [-0.39, 0.29) is 12.3 Å². The molecule has 0 amide bonds. The monoisotopic (exact) mass is 746 g/mol. The molecule has 2 unspecified atom stereocenters. The van der Waals surface area contributed by atoms with Crippen LogP contribution in [0.3, 0.4) is 0 Å². The van der Waals surface area contributed by atoms with Crippen molar-refractivity contribution in [2.45, 2.75) is 12.3 Å². The van der Waals surface area contributed by atoms with Gasteiger partial charge in [-0.1, -0.05) is 164 Å². The molecule has 1 aromatic heterocycles. The fourth-order valence-corrected chi connectivity index (χ4v) is 8.49. The second-order valence-corrected chi connectivity index (χ2v) is 14.8. The van der Waals surface area contributed by atoms with E-state index in [1.807, 2.05) is 12.1 Å². The number of anilines is 3. The van der Waals surface area contributed by atoms with Gasteiger partial charge in [0.05, 0.1) is 0 Å². The molecule has 276 valence electrons. The zero-order valence-corrected chi connectivity index (χ0v) is 31.6. The average Bonchev–Trinajstić information content (AvgIpc) is 3.70. The van der Waals surface area contributed by atoms with Crippen LogP contribution in [0.25, 0.3) is 54.6 Å². The molecule has 2 atom stereocenters. The molecule has 1 aliphatic rings. The molecule has 0 saturated carbocycles. The molecule has 2 N–H and O–H groups in total. The van der Waals surface area contributed by atoms with E-state index in [9.17, 15) is 0 Å². The highest BCUT2D eigenvalue weighted by atomic mass is 16.3. The van der Waals surface area contributed by atoms with Crippen LogP contribution in [-0.4, -0.2) is 5.84 Å². The van der Waals surface area contributed by atoms with Crippen molar-refractivity contribution in [3.05, 3.63) is 223 Å². The fourth-order valence-electron chi connectivity index (χ4n) is 8.49. The van der Waals surface area contributed by atoms with E-state index in [0.717, 1.165) is 83.4 Å². The predicted octanol–water partition coefficient (Wildman–Crippen LogP) is 13.4. The van der Waals surface area contributed by atoms with Crippen LogP contribution in [0.4, 0.5) is 17.1 Å².